The first-order valence-electron chi connectivity index (χ1n) is 5.69. The van der Waals surface area contributed by atoms with Crippen LogP contribution < -0.4 is 4.74 Å². The minimum Gasteiger partial charge on any atom is -0.456 e. The molecule has 0 spiro atoms. The fraction of sp³-hybridized carbons (Fsp3) is 0.0714. The quantitative estimate of drug-likeness (QED) is 0.482. The van der Waals surface area contributed by atoms with E-state index in [4.69, 9.17) is 16.3 Å². The van der Waals surface area contributed by atoms with E-state index in [9.17, 15) is 14.9 Å². The van der Waals surface area contributed by atoms with Gasteiger partial charge in [0.1, 0.15) is 17.8 Å². The molecule has 0 aliphatic rings. The zero-order valence-electron chi connectivity index (χ0n) is 10.5. The van der Waals surface area contributed by atoms with Crippen molar-refractivity contribution in [1.29, 1.82) is 0 Å². The normalized spacial score (nSPS) is 10.1. The average Bonchev–Trinajstić information content (AvgIpc) is 2.42. The Morgan fingerprint density at radius 2 is 1.90 bits per heavy atom. The summed E-state index contributed by atoms with van der Waals surface area (Å²) in [6.07, 6.45) is 0.687. The number of ether oxygens (including phenoxy) is 1. The Balaban J connectivity index is 2.30. The van der Waals surface area contributed by atoms with Gasteiger partial charge in [0.05, 0.1) is 9.95 Å². The highest BCUT2D eigenvalue weighted by atomic mass is 35.5. The van der Waals surface area contributed by atoms with Crippen molar-refractivity contribution in [1.82, 2.24) is 0 Å². The Morgan fingerprint density at radius 1 is 1.20 bits per heavy atom. The van der Waals surface area contributed by atoms with Gasteiger partial charge in [0, 0.05) is 17.7 Å². The molecule has 0 radical (unpaired) electrons. The number of hydrogen-bond acceptors (Lipinski definition) is 4. The number of aldehydes is 1. The maximum Gasteiger partial charge on any atom is 0.269 e. The van der Waals surface area contributed by atoms with Crippen molar-refractivity contribution >= 4 is 23.6 Å². The van der Waals surface area contributed by atoms with Gasteiger partial charge in [-0.1, -0.05) is 11.6 Å². The molecule has 0 unspecified atom stereocenters. The second-order valence-corrected chi connectivity index (χ2v) is 4.52. The van der Waals surface area contributed by atoms with Crippen molar-refractivity contribution in [2.45, 2.75) is 6.92 Å². The Labute approximate surface area is 119 Å². The third-order valence-electron chi connectivity index (χ3n) is 2.68. The number of rotatable bonds is 4. The zero-order chi connectivity index (χ0) is 14.7. The van der Waals surface area contributed by atoms with Gasteiger partial charge in [0.25, 0.3) is 5.69 Å². The van der Waals surface area contributed by atoms with E-state index in [0.29, 0.717) is 33.9 Å². The van der Waals surface area contributed by atoms with Crippen LogP contribution in [-0.2, 0) is 0 Å². The lowest BCUT2D eigenvalue weighted by atomic mass is 10.2. The highest BCUT2D eigenvalue weighted by Gasteiger charge is 2.11. The van der Waals surface area contributed by atoms with E-state index >= 15 is 0 Å². The number of nitrogens with zero attached hydrogens (tertiary/aromatic N) is 1. The average molecular weight is 292 g/mol. The van der Waals surface area contributed by atoms with Gasteiger partial charge in [-0.2, -0.15) is 0 Å². The van der Waals surface area contributed by atoms with Crippen molar-refractivity contribution in [3.8, 4) is 11.5 Å². The number of carbonyl (C=O) groups excluding carboxylic acids is 1. The molecule has 6 heteroatoms. The van der Waals surface area contributed by atoms with Crippen molar-refractivity contribution < 1.29 is 14.5 Å². The van der Waals surface area contributed by atoms with Crippen LogP contribution in [0, 0.1) is 17.0 Å². The molecule has 0 aliphatic heterocycles. The lowest BCUT2D eigenvalue weighted by molar-refractivity contribution is -0.384. The molecular formula is C14H10ClNO4. The third-order valence-corrected chi connectivity index (χ3v) is 2.98. The molecule has 102 valence electrons. The van der Waals surface area contributed by atoms with Crippen LogP contribution in [0.1, 0.15) is 15.9 Å². The van der Waals surface area contributed by atoms with Crippen molar-refractivity contribution in [3.63, 3.8) is 0 Å². The summed E-state index contributed by atoms with van der Waals surface area (Å²) in [5, 5.41) is 11.0. The van der Waals surface area contributed by atoms with Crippen molar-refractivity contribution in [2.24, 2.45) is 0 Å². The summed E-state index contributed by atoms with van der Waals surface area (Å²) < 4.78 is 5.60. The molecule has 2 aromatic carbocycles. The number of benzene rings is 2. The lowest BCUT2D eigenvalue weighted by Crippen LogP contribution is -1.92. The van der Waals surface area contributed by atoms with E-state index in [0.717, 1.165) is 0 Å². The summed E-state index contributed by atoms with van der Waals surface area (Å²) in [6, 6.07) is 8.93. The van der Waals surface area contributed by atoms with Crippen LogP contribution >= 0.6 is 11.6 Å². The fourth-order valence-electron chi connectivity index (χ4n) is 1.65. The number of nitro groups is 1. The summed E-state index contributed by atoms with van der Waals surface area (Å²) in [7, 11) is 0. The summed E-state index contributed by atoms with van der Waals surface area (Å²) in [5.74, 6) is 0.852. The summed E-state index contributed by atoms with van der Waals surface area (Å²) in [5.41, 5.74) is 1.06. The van der Waals surface area contributed by atoms with Crippen LogP contribution in [0.15, 0.2) is 36.4 Å². The molecule has 2 rings (SSSR count). The van der Waals surface area contributed by atoms with Crippen LogP contribution in [0.25, 0.3) is 0 Å². The van der Waals surface area contributed by atoms with Gasteiger partial charge in [-0.15, -0.1) is 0 Å². The van der Waals surface area contributed by atoms with Crippen LogP contribution in [-0.4, -0.2) is 11.2 Å². The number of nitro benzene ring substituents is 1. The summed E-state index contributed by atoms with van der Waals surface area (Å²) >= 11 is 6.00. The minimum absolute atomic E-state index is 0.00255. The highest BCUT2D eigenvalue weighted by Crippen LogP contribution is 2.32. The summed E-state index contributed by atoms with van der Waals surface area (Å²) in [4.78, 5) is 20.8. The van der Waals surface area contributed by atoms with Crippen LogP contribution in [0.2, 0.25) is 5.02 Å². The molecule has 0 fully saturated rings. The number of carbonyl (C=O) groups is 1. The molecule has 0 N–H and O–H groups in total. The maximum atomic E-state index is 10.7. The molecule has 2 aromatic rings. The Bertz CT molecular complexity index is 685. The summed E-state index contributed by atoms with van der Waals surface area (Å²) in [6.45, 7) is 1.70. The first-order valence-corrected chi connectivity index (χ1v) is 6.06. The predicted molar refractivity (Wildman–Crippen MR) is 74.7 cm³/mol. The van der Waals surface area contributed by atoms with E-state index in [1.165, 1.54) is 24.3 Å². The molecular weight excluding hydrogens is 282 g/mol. The first-order chi connectivity index (χ1) is 9.51. The Morgan fingerprint density at radius 3 is 2.45 bits per heavy atom. The Hall–Kier alpha value is -2.40. The fourth-order valence-corrected chi connectivity index (χ4v) is 1.88. The maximum absolute atomic E-state index is 10.7. The van der Waals surface area contributed by atoms with E-state index in [2.05, 4.69) is 0 Å². The third kappa shape index (κ3) is 2.95. The molecule has 0 saturated heterocycles. The molecule has 0 aliphatic carbocycles. The van der Waals surface area contributed by atoms with E-state index < -0.39 is 4.92 Å². The van der Waals surface area contributed by atoms with E-state index in [1.807, 2.05) is 0 Å². The van der Waals surface area contributed by atoms with E-state index in [1.54, 1.807) is 19.1 Å². The number of halogens is 1. The van der Waals surface area contributed by atoms with Gasteiger partial charge in [-0.05, 0) is 36.8 Å². The van der Waals surface area contributed by atoms with Crippen LogP contribution in [0.4, 0.5) is 5.69 Å². The van der Waals surface area contributed by atoms with E-state index in [-0.39, 0.29) is 5.69 Å². The van der Waals surface area contributed by atoms with Gasteiger partial charge in [-0.25, -0.2) is 0 Å². The minimum atomic E-state index is -0.470. The largest absolute Gasteiger partial charge is 0.456 e. The standard InChI is InChI=1S/C14H10ClNO4/c1-9-6-11(16(18)19)3-5-13(9)20-14-4-2-10(8-17)7-12(14)15/h2-8H,1H3. The van der Waals surface area contributed by atoms with Gasteiger partial charge < -0.3 is 4.74 Å². The first kappa shape index (κ1) is 14.0. The van der Waals surface area contributed by atoms with Crippen LogP contribution in [0.3, 0.4) is 0 Å². The molecule has 0 atom stereocenters. The second kappa shape index (κ2) is 5.71. The molecule has 5 nitrogen and oxygen atoms in total. The topological polar surface area (TPSA) is 69.4 Å². The second-order valence-electron chi connectivity index (χ2n) is 4.12. The molecule has 0 bridgehead atoms. The predicted octanol–water partition coefficient (Wildman–Crippen LogP) is 4.16. The van der Waals surface area contributed by atoms with Crippen LogP contribution in [0.5, 0.6) is 11.5 Å². The number of hydrogen-bond donors (Lipinski definition) is 0. The van der Waals surface area contributed by atoms with Gasteiger partial charge in [-0.3, -0.25) is 14.9 Å². The van der Waals surface area contributed by atoms with Crippen molar-refractivity contribution in [2.75, 3.05) is 0 Å². The van der Waals surface area contributed by atoms with Gasteiger partial charge >= 0.3 is 0 Å². The monoisotopic (exact) mass is 291 g/mol. The lowest BCUT2D eigenvalue weighted by Gasteiger charge is -2.10. The SMILES string of the molecule is Cc1cc([N+](=O)[O-])ccc1Oc1ccc(C=O)cc1Cl. The van der Waals surface area contributed by atoms with Gasteiger partial charge in [0.2, 0.25) is 0 Å². The Kier molecular flexibility index (Phi) is 4.00. The zero-order valence-corrected chi connectivity index (χ0v) is 11.3. The van der Waals surface area contributed by atoms with Gasteiger partial charge in [0.15, 0.2) is 0 Å². The molecule has 0 aromatic heterocycles. The number of aryl methyl sites for hydroxylation is 1. The molecule has 0 amide bonds. The number of non-ortho nitro benzene ring substituents is 1. The highest BCUT2D eigenvalue weighted by molar-refractivity contribution is 6.32. The van der Waals surface area contributed by atoms with Crippen molar-refractivity contribution in [3.05, 3.63) is 62.7 Å². The smallest absolute Gasteiger partial charge is 0.269 e. The molecule has 0 saturated carbocycles. The molecule has 20 heavy (non-hydrogen) atoms. The molecule has 0 heterocycles.